The highest BCUT2D eigenvalue weighted by Crippen LogP contribution is 2.37. The third-order valence-corrected chi connectivity index (χ3v) is 8.12. The Morgan fingerprint density at radius 2 is 1.77 bits per heavy atom. The van der Waals surface area contributed by atoms with Crippen LogP contribution < -0.4 is 10.5 Å². The van der Waals surface area contributed by atoms with Crippen molar-refractivity contribution in [2.45, 2.75) is 40.7 Å². The fourth-order valence-corrected chi connectivity index (χ4v) is 6.31. The molecule has 3 heterocycles. The zero-order valence-electron chi connectivity index (χ0n) is 20.8. The molecular formula is C27H30N4O2S2. The monoisotopic (exact) mass is 506 g/mol. The van der Waals surface area contributed by atoms with Crippen molar-refractivity contribution in [3.63, 3.8) is 0 Å². The SMILES string of the molecule is Cc1ccc(CN2C(=O)C(=Cc3c(C)c(C#N)c(=O)n(C)c3N3CC(C)CC(C)C3)SC2=S)cc1. The summed E-state index contributed by atoms with van der Waals surface area (Å²) in [6, 6.07) is 10.1. The first-order valence-electron chi connectivity index (χ1n) is 11.8. The van der Waals surface area contributed by atoms with Crippen molar-refractivity contribution in [3.8, 4) is 6.07 Å². The van der Waals surface area contributed by atoms with Crippen LogP contribution in [0, 0.1) is 37.0 Å². The van der Waals surface area contributed by atoms with Gasteiger partial charge < -0.3 is 4.90 Å². The lowest BCUT2D eigenvalue weighted by atomic mass is 9.91. The second-order valence-corrected chi connectivity index (χ2v) is 11.5. The van der Waals surface area contributed by atoms with E-state index in [2.05, 4.69) is 24.8 Å². The quantitative estimate of drug-likeness (QED) is 0.440. The summed E-state index contributed by atoms with van der Waals surface area (Å²) >= 11 is 6.83. The van der Waals surface area contributed by atoms with Gasteiger partial charge in [0.1, 0.15) is 21.8 Å². The molecule has 182 valence electrons. The number of carbonyl (C=O) groups excluding carboxylic acids is 1. The van der Waals surface area contributed by atoms with Crippen molar-refractivity contribution in [3.05, 3.63) is 67.3 Å². The zero-order chi connectivity index (χ0) is 25.4. The minimum absolute atomic E-state index is 0.107. The standard InChI is InChI=1S/C27H30N4O2S2/c1-16-6-8-20(9-7-16)15-31-26(33)23(35-27(31)34)11-21-19(4)22(12-28)25(32)29(5)24(21)30-13-17(2)10-18(3)14-30/h6-9,11,17-18H,10,13-15H2,1-5H3. The predicted octanol–water partition coefficient (Wildman–Crippen LogP) is 4.76. The van der Waals surface area contributed by atoms with E-state index in [9.17, 15) is 14.9 Å². The Bertz CT molecular complexity index is 1310. The minimum atomic E-state index is -0.310. The van der Waals surface area contributed by atoms with E-state index in [1.54, 1.807) is 23.4 Å². The first-order chi connectivity index (χ1) is 16.6. The minimum Gasteiger partial charge on any atom is -0.357 e. The van der Waals surface area contributed by atoms with E-state index >= 15 is 0 Å². The molecule has 2 atom stereocenters. The Balaban J connectivity index is 1.78. The molecule has 1 aromatic carbocycles. The van der Waals surface area contributed by atoms with Crippen LogP contribution in [0.1, 0.15) is 48.1 Å². The maximum atomic E-state index is 13.4. The smallest absolute Gasteiger partial charge is 0.270 e. The van der Waals surface area contributed by atoms with Crippen LogP contribution >= 0.6 is 24.0 Å². The number of rotatable bonds is 4. The summed E-state index contributed by atoms with van der Waals surface area (Å²) in [6.07, 6.45) is 2.95. The van der Waals surface area contributed by atoms with E-state index in [-0.39, 0.29) is 17.0 Å². The molecule has 0 bridgehead atoms. The van der Waals surface area contributed by atoms with Crippen LogP contribution in [0.5, 0.6) is 0 Å². The highest BCUT2D eigenvalue weighted by atomic mass is 32.2. The van der Waals surface area contributed by atoms with Crippen molar-refractivity contribution in [1.29, 1.82) is 5.26 Å². The summed E-state index contributed by atoms with van der Waals surface area (Å²) in [4.78, 5) is 30.8. The second-order valence-electron chi connectivity index (χ2n) is 9.82. The van der Waals surface area contributed by atoms with Crippen LogP contribution in [0.3, 0.4) is 0 Å². The number of piperidine rings is 1. The lowest BCUT2D eigenvalue weighted by Gasteiger charge is -2.38. The maximum absolute atomic E-state index is 13.4. The van der Waals surface area contributed by atoms with Crippen molar-refractivity contribution < 1.29 is 4.79 Å². The molecule has 2 aliphatic heterocycles. The number of hydrogen-bond acceptors (Lipinski definition) is 6. The number of nitrogens with zero attached hydrogens (tertiary/aromatic N) is 4. The number of thiocarbonyl (C=S) groups is 1. The van der Waals surface area contributed by atoms with E-state index in [0.717, 1.165) is 42.0 Å². The van der Waals surface area contributed by atoms with Crippen LogP contribution in [-0.2, 0) is 18.4 Å². The van der Waals surface area contributed by atoms with Gasteiger partial charge in [0.15, 0.2) is 0 Å². The third kappa shape index (κ3) is 4.93. The van der Waals surface area contributed by atoms with Gasteiger partial charge in [0, 0.05) is 25.7 Å². The molecule has 0 radical (unpaired) electrons. The van der Waals surface area contributed by atoms with Crippen molar-refractivity contribution in [2.75, 3.05) is 18.0 Å². The fourth-order valence-electron chi connectivity index (χ4n) is 5.07. The Kier molecular flexibility index (Phi) is 7.20. The summed E-state index contributed by atoms with van der Waals surface area (Å²) in [7, 11) is 1.71. The van der Waals surface area contributed by atoms with Crippen molar-refractivity contribution in [1.82, 2.24) is 9.47 Å². The first kappa shape index (κ1) is 25.2. The number of nitriles is 1. The second kappa shape index (κ2) is 10.00. The van der Waals surface area contributed by atoms with Gasteiger partial charge in [-0.15, -0.1) is 0 Å². The summed E-state index contributed by atoms with van der Waals surface area (Å²) < 4.78 is 2.07. The van der Waals surface area contributed by atoms with Gasteiger partial charge in [-0.1, -0.05) is 67.7 Å². The molecule has 8 heteroatoms. The summed E-state index contributed by atoms with van der Waals surface area (Å²) in [5.74, 6) is 1.56. The average Bonchev–Trinajstić information content (AvgIpc) is 3.06. The van der Waals surface area contributed by atoms with Gasteiger partial charge >= 0.3 is 0 Å². The highest BCUT2D eigenvalue weighted by Gasteiger charge is 2.34. The maximum Gasteiger partial charge on any atom is 0.270 e. The molecule has 1 amide bonds. The normalized spacial score (nSPS) is 21.7. The van der Waals surface area contributed by atoms with Gasteiger partial charge in [-0.25, -0.2) is 0 Å². The lowest BCUT2D eigenvalue weighted by Crippen LogP contribution is -2.42. The van der Waals surface area contributed by atoms with Gasteiger partial charge in [-0.3, -0.25) is 19.1 Å². The molecule has 2 saturated heterocycles. The first-order valence-corrected chi connectivity index (χ1v) is 13.0. The van der Waals surface area contributed by atoms with E-state index in [0.29, 0.717) is 33.2 Å². The van der Waals surface area contributed by atoms with Gasteiger partial charge in [-0.05, 0) is 49.3 Å². The summed E-state index contributed by atoms with van der Waals surface area (Å²) in [5, 5.41) is 9.72. The molecular weight excluding hydrogens is 476 g/mol. The highest BCUT2D eigenvalue weighted by molar-refractivity contribution is 8.26. The molecule has 0 aliphatic carbocycles. The average molecular weight is 507 g/mol. The number of aromatic nitrogens is 1. The van der Waals surface area contributed by atoms with E-state index in [1.165, 1.54) is 11.8 Å². The molecule has 2 aromatic rings. The Morgan fingerprint density at radius 1 is 1.14 bits per heavy atom. The number of benzene rings is 1. The summed E-state index contributed by atoms with van der Waals surface area (Å²) in [5.41, 5.74) is 3.30. The van der Waals surface area contributed by atoms with Crippen LogP contribution in [0.4, 0.5) is 5.82 Å². The molecule has 1 aromatic heterocycles. The Morgan fingerprint density at radius 3 is 2.37 bits per heavy atom. The van der Waals surface area contributed by atoms with Crippen molar-refractivity contribution in [2.24, 2.45) is 18.9 Å². The van der Waals surface area contributed by atoms with Crippen LogP contribution in [0.25, 0.3) is 6.08 Å². The molecule has 2 aliphatic rings. The molecule has 2 fully saturated rings. The largest absolute Gasteiger partial charge is 0.357 e. The van der Waals surface area contributed by atoms with Crippen LogP contribution in [0.2, 0.25) is 0 Å². The van der Waals surface area contributed by atoms with Crippen LogP contribution in [-0.4, -0.2) is 32.8 Å². The summed E-state index contributed by atoms with van der Waals surface area (Å²) in [6.45, 7) is 10.3. The molecule has 0 spiro atoms. The van der Waals surface area contributed by atoms with E-state index < -0.39 is 0 Å². The molecule has 2 unspecified atom stereocenters. The van der Waals surface area contributed by atoms with Gasteiger partial charge in [0.25, 0.3) is 11.5 Å². The van der Waals surface area contributed by atoms with Crippen molar-refractivity contribution >= 4 is 46.1 Å². The topological polar surface area (TPSA) is 69.3 Å². The van der Waals surface area contributed by atoms with Crippen LogP contribution in [0.15, 0.2) is 34.0 Å². The lowest BCUT2D eigenvalue weighted by molar-refractivity contribution is -0.122. The third-order valence-electron chi connectivity index (χ3n) is 6.75. The number of carbonyl (C=O) groups is 1. The molecule has 0 saturated carbocycles. The number of hydrogen-bond donors (Lipinski definition) is 0. The van der Waals surface area contributed by atoms with E-state index in [1.807, 2.05) is 37.3 Å². The molecule has 6 nitrogen and oxygen atoms in total. The molecule has 4 rings (SSSR count). The number of aryl methyl sites for hydroxylation is 1. The number of thioether (sulfide) groups is 1. The zero-order valence-corrected chi connectivity index (χ0v) is 22.4. The van der Waals surface area contributed by atoms with Gasteiger partial charge in [-0.2, -0.15) is 5.26 Å². The number of amides is 1. The van der Waals surface area contributed by atoms with Gasteiger partial charge in [0.2, 0.25) is 0 Å². The number of anilines is 1. The molecule has 0 N–H and O–H groups in total. The Hall–Kier alpha value is -2.89. The predicted molar refractivity (Wildman–Crippen MR) is 146 cm³/mol. The Labute approximate surface area is 216 Å². The van der Waals surface area contributed by atoms with Gasteiger partial charge in [0.05, 0.1) is 11.4 Å². The molecule has 35 heavy (non-hydrogen) atoms. The number of pyridine rings is 1. The fraction of sp³-hybridized carbons (Fsp3) is 0.407. The van der Waals surface area contributed by atoms with E-state index in [4.69, 9.17) is 12.2 Å².